The van der Waals surface area contributed by atoms with Gasteiger partial charge < -0.3 is 30.1 Å². The summed E-state index contributed by atoms with van der Waals surface area (Å²) in [5.74, 6) is 8.03. The Balaban J connectivity index is 1.43. The molecule has 2 aliphatic rings. The van der Waals surface area contributed by atoms with Crippen molar-refractivity contribution in [2.75, 3.05) is 25.1 Å². The third-order valence-corrected chi connectivity index (χ3v) is 6.50. The molecular formula is C25H29N5O5. The van der Waals surface area contributed by atoms with Crippen molar-refractivity contribution in [2.24, 2.45) is 5.92 Å². The minimum Gasteiger partial charge on any atom is -0.481 e. The number of benzene rings is 1. The summed E-state index contributed by atoms with van der Waals surface area (Å²) in [6, 6.07) is 9.41. The first-order valence-corrected chi connectivity index (χ1v) is 11.9. The monoisotopic (exact) mass is 479 g/mol. The number of nitrogens with zero attached hydrogens (tertiary/aromatic N) is 4. The Bertz CT molecular complexity index is 1200. The number of aromatic nitrogens is 4. The Hall–Kier alpha value is -3.23. The lowest BCUT2D eigenvalue weighted by Crippen LogP contribution is -2.33. The average Bonchev–Trinajstić information content (AvgIpc) is 3.61. The van der Waals surface area contributed by atoms with Crippen LogP contribution in [0.2, 0.25) is 0 Å². The summed E-state index contributed by atoms with van der Waals surface area (Å²) in [4.78, 5) is 13.6. The summed E-state index contributed by atoms with van der Waals surface area (Å²) in [6.45, 7) is 0.532. The third-order valence-electron chi connectivity index (χ3n) is 6.50. The number of rotatable bonds is 7. The zero-order valence-electron chi connectivity index (χ0n) is 19.2. The van der Waals surface area contributed by atoms with Gasteiger partial charge in [0.25, 0.3) is 0 Å². The second-order valence-electron chi connectivity index (χ2n) is 8.88. The standard InChI is InChI=1S/C25H29N5O5/c31-14-18-21(32)22(33)25(35-18)30-15-27-20-23(26-13-16-7-4-5-8-16)28-19(29-24(20)30)11-6-12-34-17-9-2-1-3-10-17/h1-3,9-10,15-16,18,21-22,25,31-33H,4-5,7-8,12-14H2,(H,26,28,29)/t18-,21-,22-,25-/m1/s1. The van der Waals surface area contributed by atoms with Crippen molar-refractivity contribution in [2.45, 2.75) is 50.2 Å². The lowest BCUT2D eigenvalue weighted by molar-refractivity contribution is -0.0511. The van der Waals surface area contributed by atoms with Crippen LogP contribution in [0.25, 0.3) is 11.2 Å². The molecule has 4 atom stereocenters. The fourth-order valence-corrected chi connectivity index (χ4v) is 4.60. The fraction of sp³-hybridized carbons (Fsp3) is 0.480. The van der Waals surface area contributed by atoms with Gasteiger partial charge in [-0.25, -0.2) is 15.0 Å². The van der Waals surface area contributed by atoms with Crippen LogP contribution in [0.1, 0.15) is 37.7 Å². The maximum absolute atomic E-state index is 10.5. The van der Waals surface area contributed by atoms with E-state index in [-0.39, 0.29) is 12.4 Å². The van der Waals surface area contributed by atoms with E-state index in [1.165, 1.54) is 32.0 Å². The van der Waals surface area contributed by atoms with Gasteiger partial charge in [-0.2, -0.15) is 0 Å². The van der Waals surface area contributed by atoms with Gasteiger partial charge in [-0.05, 0) is 36.8 Å². The molecule has 1 aliphatic heterocycles. The van der Waals surface area contributed by atoms with Gasteiger partial charge in [0, 0.05) is 6.54 Å². The van der Waals surface area contributed by atoms with Gasteiger partial charge in [-0.1, -0.05) is 37.0 Å². The lowest BCUT2D eigenvalue weighted by atomic mass is 10.1. The Morgan fingerprint density at radius 1 is 1.11 bits per heavy atom. The fourth-order valence-electron chi connectivity index (χ4n) is 4.60. The summed E-state index contributed by atoms with van der Waals surface area (Å²) in [6.07, 6.45) is 2.02. The number of hydrogen-bond acceptors (Lipinski definition) is 9. The molecule has 5 rings (SSSR count). The van der Waals surface area contributed by atoms with Crippen LogP contribution >= 0.6 is 0 Å². The minimum absolute atomic E-state index is 0.171. The highest BCUT2D eigenvalue weighted by Gasteiger charge is 2.44. The van der Waals surface area contributed by atoms with Crippen LogP contribution in [0.15, 0.2) is 36.7 Å². The first-order valence-electron chi connectivity index (χ1n) is 11.9. The average molecular weight is 480 g/mol. The number of ether oxygens (including phenoxy) is 2. The van der Waals surface area contributed by atoms with Crippen LogP contribution in [0.5, 0.6) is 5.75 Å². The SMILES string of the molecule is OC[C@H]1O[C@@H](n2cnc3c(NCC4CCCC4)nc(C#CCOc4ccccc4)nc32)[C@H](O)[C@@H]1O. The summed E-state index contributed by atoms with van der Waals surface area (Å²) in [7, 11) is 0. The second-order valence-corrected chi connectivity index (χ2v) is 8.88. The van der Waals surface area contributed by atoms with Crippen molar-refractivity contribution in [1.29, 1.82) is 0 Å². The van der Waals surface area contributed by atoms with Crippen LogP contribution in [0, 0.1) is 17.8 Å². The number of nitrogens with one attached hydrogen (secondary N) is 1. The molecule has 3 heterocycles. The number of imidazole rings is 1. The molecule has 35 heavy (non-hydrogen) atoms. The van der Waals surface area contributed by atoms with Crippen molar-refractivity contribution in [3.8, 4) is 17.6 Å². The quantitative estimate of drug-likeness (QED) is 0.372. The van der Waals surface area contributed by atoms with E-state index in [9.17, 15) is 15.3 Å². The topological polar surface area (TPSA) is 135 Å². The summed E-state index contributed by atoms with van der Waals surface area (Å²) < 4.78 is 12.9. The van der Waals surface area contributed by atoms with Gasteiger partial charge in [0.15, 0.2) is 23.2 Å². The van der Waals surface area contributed by atoms with Gasteiger partial charge >= 0.3 is 0 Å². The number of para-hydroxylation sites is 1. The van der Waals surface area contributed by atoms with E-state index in [0.717, 1.165) is 12.3 Å². The first-order chi connectivity index (χ1) is 17.1. The van der Waals surface area contributed by atoms with Crippen molar-refractivity contribution >= 4 is 17.0 Å². The van der Waals surface area contributed by atoms with Gasteiger partial charge in [0.05, 0.1) is 12.9 Å². The van der Waals surface area contributed by atoms with E-state index in [1.54, 1.807) is 4.57 Å². The molecule has 10 nitrogen and oxygen atoms in total. The van der Waals surface area contributed by atoms with Crippen molar-refractivity contribution in [1.82, 2.24) is 19.5 Å². The largest absolute Gasteiger partial charge is 0.481 e. The molecule has 0 unspecified atom stereocenters. The van der Waals surface area contributed by atoms with E-state index in [4.69, 9.17) is 9.47 Å². The molecule has 1 saturated heterocycles. The molecule has 184 valence electrons. The van der Waals surface area contributed by atoms with Gasteiger partial charge in [-0.3, -0.25) is 4.57 Å². The number of hydrogen-bond donors (Lipinski definition) is 4. The summed E-state index contributed by atoms with van der Waals surface area (Å²) >= 11 is 0. The Morgan fingerprint density at radius 3 is 2.66 bits per heavy atom. The predicted octanol–water partition coefficient (Wildman–Crippen LogP) is 1.47. The molecule has 0 radical (unpaired) electrons. The highest BCUT2D eigenvalue weighted by Crippen LogP contribution is 2.33. The van der Waals surface area contributed by atoms with Crippen molar-refractivity contribution in [3.63, 3.8) is 0 Å². The van der Waals surface area contributed by atoms with Gasteiger partial charge in [0.2, 0.25) is 5.82 Å². The number of anilines is 1. The zero-order valence-corrected chi connectivity index (χ0v) is 19.2. The van der Waals surface area contributed by atoms with Gasteiger partial charge in [-0.15, -0.1) is 0 Å². The molecular weight excluding hydrogens is 450 g/mol. The molecule has 0 spiro atoms. The highest BCUT2D eigenvalue weighted by atomic mass is 16.6. The highest BCUT2D eigenvalue weighted by molar-refractivity contribution is 5.83. The molecule has 1 saturated carbocycles. The van der Waals surface area contributed by atoms with E-state index in [0.29, 0.717) is 22.9 Å². The van der Waals surface area contributed by atoms with E-state index in [1.807, 2.05) is 30.3 Å². The van der Waals surface area contributed by atoms with Crippen LogP contribution < -0.4 is 10.1 Å². The Morgan fingerprint density at radius 2 is 1.91 bits per heavy atom. The molecule has 0 bridgehead atoms. The normalized spacial score (nSPS) is 24.4. The number of fused-ring (bicyclic) bond motifs is 1. The van der Waals surface area contributed by atoms with Crippen LogP contribution in [-0.2, 0) is 4.74 Å². The maximum Gasteiger partial charge on any atom is 0.209 e. The van der Waals surface area contributed by atoms with Crippen LogP contribution in [-0.4, -0.2) is 72.9 Å². The molecule has 3 aromatic rings. The van der Waals surface area contributed by atoms with E-state index < -0.39 is 31.1 Å². The molecule has 10 heteroatoms. The summed E-state index contributed by atoms with van der Waals surface area (Å²) in [5.41, 5.74) is 0.934. The van der Waals surface area contributed by atoms with Crippen molar-refractivity contribution in [3.05, 3.63) is 42.5 Å². The molecule has 1 aromatic carbocycles. The lowest BCUT2D eigenvalue weighted by Gasteiger charge is -2.17. The minimum atomic E-state index is -1.25. The van der Waals surface area contributed by atoms with Crippen molar-refractivity contribution < 1.29 is 24.8 Å². The third kappa shape index (κ3) is 5.09. The van der Waals surface area contributed by atoms with Gasteiger partial charge in [0.1, 0.15) is 30.7 Å². The Labute approximate surface area is 203 Å². The summed E-state index contributed by atoms with van der Waals surface area (Å²) in [5, 5.41) is 33.6. The number of aliphatic hydroxyl groups is 3. The van der Waals surface area contributed by atoms with E-state index in [2.05, 4.69) is 32.1 Å². The molecule has 2 aromatic heterocycles. The zero-order chi connectivity index (χ0) is 24.2. The van der Waals surface area contributed by atoms with Crippen LogP contribution in [0.4, 0.5) is 5.82 Å². The van der Waals surface area contributed by atoms with E-state index >= 15 is 0 Å². The smallest absolute Gasteiger partial charge is 0.209 e. The molecule has 1 aliphatic carbocycles. The second kappa shape index (κ2) is 10.6. The molecule has 2 fully saturated rings. The first kappa shape index (κ1) is 23.5. The molecule has 0 amide bonds. The van der Waals surface area contributed by atoms with Crippen LogP contribution in [0.3, 0.4) is 0 Å². The number of aliphatic hydroxyl groups excluding tert-OH is 3. The predicted molar refractivity (Wildman–Crippen MR) is 128 cm³/mol. The molecule has 4 N–H and O–H groups in total. The Kier molecular flexibility index (Phi) is 7.11. The maximum atomic E-state index is 10.5.